The summed E-state index contributed by atoms with van der Waals surface area (Å²) in [6.45, 7) is 3.74. The van der Waals surface area contributed by atoms with E-state index >= 15 is 0 Å². The summed E-state index contributed by atoms with van der Waals surface area (Å²) in [6, 6.07) is 12.6. The molecular formula is C25H24ClFN4O3. The third-order valence-corrected chi connectivity index (χ3v) is 6.68. The Morgan fingerprint density at radius 2 is 1.91 bits per heavy atom. The molecule has 2 heterocycles. The topological polar surface area (TPSA) is 84.7 Å². The number of nitriles is 1. The summed E-state index contributed by atoms with van der Waals surface area (Å²) in [7, 11) is 0. The molecule has 0 aliphatic carbocycles. The van der Waals surface area contributed by atoms with E-state index in [9.17, 15) is 18.8 Å². The number of nitrogens with zero attached hydrogens (tertiary/aromatic N) is 4. The second-order valence-electron chi connectivity index (χ2n) is 8.97. The number of anilines is 1. The zero-order valence-electron chi connectivity index (χ0n) is 18.9. The molecule has 0 bridgehead atoms. The minimum Gasteiger partial charge on any atom is -0.339 e. The van der Waals surface area contributed by atoms with E-state index in [-0.39, 0.29) is 55.0 Å². The summed E-state index contributed by atoms with van der Waals surface area (Å²) >= 11 is 5.99. The predicted molar refractivity (Wildman–Crippen MR) is 124 cm³/mol. The van der Waals surface area contributed by atoms with Gasteiger partial charge in [-0.05, 0) is 42.3 Å². The third-order valence-electron chi connectivity index (χ3n) is 6.43. The van der Waals surface area contributed by atoms with Gasteiger partial charge < -0.3 is 9.80 Å². The molecule has 0 aromatic heterocycles. The van der Waals surface area contributed by atoms with Crippen LogP contribution in [-0.4, -0.2) is 52.7 Å². The number of carbonyl (C=O) groups excluding carboxylic acids is 3. The van der Waals surface area contributed by atoms with Gasteiger partial charge in [0.05, 0.1) is 23.9 Å². The number of hydrogen-bond acceptors (Lipinski definition) is 4. The van der Waals surface area contributed by atoms with Crippen molar-refractivity contribution in [2.75, 3.05) is 24.5 Å². The normalized spacial score (nSPS) is 20.4. The van der Waals surface area contributed by atoms with Crippen LogP contribution in [0, 0.1) is 23.1 Å². The van der Waals surface area contributed by atoms with Crippen LogP contribution in [0.3, 0.4) is 0 Å². The van der Waals surface area contributed by atoms with Gasteiger partial charge in [-0.3, -0.25) is 19.3 Å². The van der Waals surface area contributed by atoms with Crippen molar-refractivity contribution in [3.05, 3.63) is 64.4 Å². The van der Waals surface area contributed by atoms with Gasteiger partial charge in [0.1, 0.15) is 17.9 Å². The highest BCUT2D eigenvalue weighted by atomic mass is 35.5. The fraction of sp³-hybridized carbons (Fsp3) is 0.360. The summed E-state index contributed by atoms with van der Waals surface area (Å²) in [5, 5.41) is 9.59. The maximum atomic E-state index is 14.8. The van der Waals surface area contributed by atoms with Crippen LogP contribution >= 0.6 is 11.6 Å². The zero-order chi connectivity index (χ0) is 24.6. The lowest BCUT2D eigenvalue weighted by Gasteiger charge is -2.47. The Balaban J connectivity index is 1.74. The van der Waals surface area contributed by atoms with Gasteiger partial charge >= 0.3 is 0 Å². The minimum atomic E-state index is -1.32. The summed E-state index contributed by atoms with van der Waals surface area (Å²) in [4.78, 5) is 44.4. The highest BCUT2D eigenvalue weighted by Crippen LogP contribution is 2.38. The largest absolute Gasteiger partial charge is 0.339 e. The van der Waals surface area contributed by atoms with Crippen molar-refractivity contribution >= 4 is 35.0 Å². The van der Waals surface area contributed by atoms with Crippen molar-refractivity contribution in [1.82, 2.24) is 9.80 Å². The van der Waals surface area contributed by atoms with Crippen LogP contribution in [0.2, 0.25) is 5.02 Å². The summed E-state index contributed by atoms with van der Waals surface area (Å²) in [5.74, 6) is -1.91. The van der Waals surface area contributed by atoms with E-state index in [2.05, 4.69) is 0 Å². The Hall–Kier alpha value is -3.44. The van der Waals surface area contributed by atoms with Crippen molar-refractivity contribution in [2.45, 2.75) is 32.4 Å². The van der Waals surface area contributed by atoms with E-state index in [0.29, 0.717) is 11.6 Å². The van der Waals surface area contributed by atoms with Crippen molar-refractivity contribution in [1.29, 1.82) is 5.26 Å². The zero-order valence-corrected chi connectivity index (χ0v) is 19.7. The molecule has 0 unspecified atom stereocenters. The van der Waals surface area contributed by atoms with Crippen LogP contribution in [0.25, 0.3) is 0 Å². The Kier molecular flexibility index (Phi) is 6.32. The average molecular weight is 483 g/mol. The molecule has 2 saturated heterocycles. The fourth-order valence-corrected chi connectivity index (χ4v) is 4.77. The van der Waals surface area contributed by atoms with E-state index in [1.807, 2.05) is 6.07 Å². The molecule has 34 heavy (non-hydrogen) atoms. The summed E-state index contributed by atoms with van der Waals surface area (Å²) in [6.07, 6.45) is 0.248. The molecule has 3 amide bonds. The van der Waals surface area contributed by atoms with E-state index in [1.165, 1.54) is 17.0 Å². The quantitative estimate of drug-likeness (QED) is 0.669. The van der Waals surface area contributed by atoms with Crippen molar-refractivity contribution < 1.29 is 18.8 Å². The lowest BCUT2D eigenvalue weighted by molar-refractivity contribution is -0.152. The molecule has 0 N–H and O–H groups in total. The second-order valence-corrected chi connectivity index (χ2v) is 9.41. The number of halogens is 2. The van der Waals surface area contributed by atoms with Crippen molar-refractivity contribution in [2.24, 2.45) is 5.92 Å². The summed E-state index contributed by atoms with van der Waals surface area (Å²) in [5.41, 5.74) is -0.474. The fourth-order valence-electron chi connectivity index (χ4n) is 4.64. The van der Waals surface area contributed by atoms with Crippen LogP contribution in [0.15, 0.2) is 42.5 Å². The van der Waals surface area contributed by atoms with Crippen LogP contribution in [0.5, 0.6) is 0 Å². The number of likely N-dealkylation sites (tertiary alicyclic amines) is 1. The van der Waals surface area contributed by atoms with Crippen molar-refractivity contribution in [3.8, 4) is 6.07 Å². The molecular weight excluding hydrogens is 459 g/mol. The second kappa shape index (κ2) is 9.07. The number of amides is 3. The molecule has 176 valence electrons. The number of piperazine rings is 1. The molecule has 0 radical (unpaired) electrons. The standard InChI is InChI=1S/C25H24ClFN4O3/c1-16(2)23(33)29-10-9-25(15-29)24(34)30(21-8-5-18(12-28)11-20(21)27)14-22(32)31(25)13-17-3-6-19(26)7-4-17/h3-8,11,16H,9-10,13-15H2,1-2H3/t25-/m1/s1. The van der Waals surface area contributed by atoms with Crippen molar-refractivity contribution in [3.63, 3.8) is 0 Å². The molecule has 2 aromatic rings. The van der Waals surface area contributed by atoms with Gasteiger partial charge in [0.25, 0.3) is 5.91 Å². The maximum absolute atomic E-state index is 14.8. The van der Waals surface area contributed by atoms with E-state index < -0.39 is 17.3 Å². The predicted octanol–water partition coefficient (Wildman–Crippen LogP) is 3.35. The molecule has 4 rings (SSSR count). The molecule has 0 saturated carbocycles. The molecule has 9 heteroatoms. The number of carbonyl (C=O) groups is 3. The lowest BCUT2D eigenvalue weighted by atomic mass is 9.89. The lowest BCUT2D eigenvalue weighted by Crippen LogP contribution is -2.69. The maximum Gasteiger partial charge on any atom is 0.255 e. The minimum absolute atomic E-state index is 0.0383. The van der Waals surface area contributed by atoms with Crippen LogP contribution in [0.1, 0.15) is 31.4 Å². The van der Waals surface area contributed by atoms with Crippen LogP contribution in [-0.2, 0) is 20.9 Å². The Bertz CT molecular complexity index is 1190. The highest BCUT2D eigenvalue weighted by Gasteiger charge is 2.57. The molecule has 2 fully saturated rings. The smallest absolute Gasteiger partial charge is 0.255 e. The Morgan fingerprint density at radius 3 is 2.53 bits per heavy atom. The first-order chi connectivity index (χ1) is 16.2. The number of hydrogen-bond donors (Lipinski definition) is 0. The Morgan fingerprint density at radius 1 is 1.21 bits per heavy atom. The van der Waals surface area contributed by atoms with Gasteiger partial charge in [-0.2, -0.15) is 5.26 Å². The van der Waals surface area contributed by atoms with Gasteiger partial charge in [-0.15, -0.1) is 0 Å². The molecule has 1 atom stereocenters. The first-order valence-corrected chi connectivity index (χ1v) is 11.4. The number of rotatable bonds is 4. The first-order valence-electron chi connectivity index (χ1n) is 11.0. The van der Waals surface area contributed by atoms with E-state index in [1.54, 1.807) is 43.0 Å². The Labute approximate surface area is 202 Å². The van der Waals surface area contributed by atoms with Gasteiger partial charge in [0, 0.05) is 24.0 Å². The molecule has 1 spiro atoms. The third kappa shape index (κ3) is 4.12. The van der Waals surface area contributed by atoms with Gasteiger partial charge in [0.2, 0.25) is 11.8 Å². The van der Waals surface area contributed by atoms with Gasteiger partial charge in [0.15, 0.2) is 0 Å². The monoisotopic (exact) mass is 482 g/mol. The van der Waals surface area contributed by atoms with Gasteiger partial charge in [-0.1, -0.05) is 37.6 Å². The van der Waals surface area contributed by atoms with E-state index in [0.717, 1.165) is 16.5 Å². The van der Waals surface area contributed by atoms with Crippen LogP contribution < -0.4 is 4.90 Å². The summed E-state index contributed by atoms with van der Waals surface area (Å²) < 4.78 is 14.8. The molecule has 2 aromatic carbocycles. The SMILES string of the molecule is CC(C)C(=O)N1CC[C@@]2(C1)C(=O)N(c1ccc(C#N)cc1F)CC(=O)N2Cc1ccc(Cl)cc1. The first kappa shape index (κ1) is 23.7. The molecule has 7 nitrogen and oxygen atoms in total. The average Bonchev–Trinajstić information content (AvgIpc) is 3.26. The highest BCUT2D eigenvalue weighted by molar-refractivity contribution is 6.30. The van der Waals surface area contributed by atoms with E-state index in [4.69, 9.17) is 16.9 Å². The van der Waals surface area contributed by atoms with Crippen LogP contribution in [0.4, 0.5) is 10.1 Å². The molecule has 2 aliphatic heterocycles. The van der Waals surface area contributed by atoms with Gasteiger partial charge in [-0.25, -0.2) is 4.39 Å². The molecule has 2 aliphatic rings. The number of benzene rings is 2.